The molecule has 0 aromatic carbocycles. The number of nitrogens with one attached hydrogen (secondary N) is 1. The zero-order valence-electron chi connectivity index (χ0n) is 8.02. The van der Waals surface area contributed by atoms with E-state index in [2.05, 4.69) is 18.8 Å². The molecule has 66 valence electrons. The maximum absolute atomic E-state index is 5.22. The molecule has 0 spiro atoms. The van der Waals surface area contributed by atoms with Gasteiger partial charge in [0.1, 0.15) is 5.82 Å². The smallest absolute Gasteiger partial charge is 0.100 e. The summed E-state index contributed by atoms with van der Waals surface area (Å²) in [6.45, 7) is 8.25. The third-order valence-corrected chi connectivity index (χ3v) is 0.622. The van der Waals surface area contributed by atoms with E-state index in [-0.39, 0.29) is 0 Å². The average Bonchev–Trinajstić information content (AvgIpc) is 2.46. The monoisotopic (exact) mass is 156 g/mol. The van der Waals surface area contributed by atoms with Crippen LogP contribution < -0.4 is 5.73 Å². The third kappa shape index (κ3) is 12.3. The van der Waals surface area contributed by atoms with Crippen LogP contribution in [-0.4, -0.2) is 4.98 Å². The zero-order valence-corrected chi connectivity index (χ0v) is 8.02. The molecule has 2 heteroatoms. The van der Waals surface area contributed by atoms with E-state index < -0.39 is 0 Å². The van der Waals surface area contributed by atoms with Crippen LogP contribution in [0.5, 0.6) is 0 Å². The molecular formula is C9H20N2. The van der Waals surface area contributed by atoms with Crippen molar-refractivity contribution in [1.29, 1.82) is 0 Å². The quantitative estimate of drug-likeness (QED) is 0.595. The highest BCUT2D eigenvalue weighted by Crippen LogP contribution is 1.90. The lowest BCUT2D eigenvalue weighted by atomic mass is 10.6. The van der Waals surface area contributed by atoms with Crippen molar-refractivity contribution in [3.8, 4) is 0 Å². The van der Waals surface area contributed by atoms with Gasteiger partial charge in [0, 0.05) is 6.20 Å². The van der Waals surface area contributed by atoms with Gasteiger partial charge in [0.25, 0.3) is 0 Å². The number of aromatic amines is 1. The molecule has 11 heavy (non-hydrogen) atoms. The van der Waals surface area contributed by atoms with Crippen LogP contribution >= 0.6 is 0 Å². The van der Waals surface area contributed by atoms with Crippen LogP contribution in [0.15, 0.2) is 18.3 Å². The molecule has 0 aliphatic rings. The number of hydrogen-bond acceptors (Lipinski definition) is 1. The van der Waals surface area contributed by atoms with Crippen molar-refractivity contribution in [3.63, 3.8) is 0 Å². The zero-order chi connectivity index (χ0) is 9.11. The third-order valence-electron chi connectivity index (χ3n) is 0.622. The van der Waals surface area contributed by atoms with Gasteiger partial charge in [-0.3, -0.25) is 0 Å². The normalized spacial score (nSPS) is 6.91. The van der Waals surface area contributed by atoms with Crippen LogP contribution in [-0.2, 0) is 0 Å². The molecule has 0 aliphatic carbocycles. The lowest BCUT2D eigenvalue weighted by Crippen LogP contribution is -1.79. The molecule has 0 saturated heterocycles. The Kier molecular flexibility index (Phi) is 13.7. The van der Waals surface area contributed by atoms with Gasteiger partial charge in [0.05, 0.1) is 0 Å². The van der Waals surface area contributed by atoms with Gasteiger partial charge in [-0.2, -0.15) is 0 Å². The standard InChI is InChI=1S/C4H6N2.C3H8.C2H6/c5-4-2-1-3-6-4;1-3-2;1-2/h1-3,6H,5H2;3H2,1-2H3;1-2H3. The summed E-state index contributed by atoms with van der Waals surface area (Å²) in [5.74, 6) is 0.718. The van der Waals surface area contributed by atoms with Crippen molar-refractivity contribution in [3.05, 3.63) is 18.3 Å². The van der Waals surface area contributed by atoms with Crippen molar-refractivity contribution in [2.75, 3.05) is 5.73 Å². The summed E-state index contributed by atoms with van der Waals surface area (Å²) in [6, 6.07) is 3.66. The van der Waals surface area contributed by atoms with E-state index in [0.717, 1.165) is 5.82 Å². The van der Waals surface area contributed by atoms with E-state index in [0.29, 0.717) is 0 Å². The molecule has 0 fully saturated rings. The second-order valence-corrected chi connectivity index (χ2v) is 1.83. The first-order chi connectivity index (χ1) is 5.31. The Bertz CT molecular complexity index is 122. The van der Waals surface area contributed by atoms with Crippen LogP contribution in [0, 0.1) is 0 Å². The van der Waals surface area contributed by atoms with Crippen LogP contribution in [0.1, 0.15) is 34.1 Å². The summed E-state index contributed by atoms with van der Waals surface area (Å²) < 4.78 is 0. The van der Waals surface area contributed by atoms with Gasteiger partial charge in [-0.15, -0.1) is 0 Å². The fraction of sp³-hybridized carbons (Fsp3) is 0.556. The highest BCUT2D eigenvalue weighted by atomic mass is 14.8. The predicted molar refractivity (Wildman–Crippen MR) is 52.5 cm³/mol. The van der Waals surface area contributed by atoms with Crippen molar-refractivity contribution in [2.24, 2.45) is 0 Å². The number of nitrogens with two attached hydrogens (primary N) is 1. The first kappa shape index (κ1) is 12.7. The number of H-pyrrole nitrogens is 1. The predicted octanol–water partition coefficient (Wildman–Crippen LogP) is 3.04. The number of hydrogen-bond donors (Lipinski definition) is 2. The molecule has 3 N–H and O–H groups in total. The maximum atomic E-state index is 5.22. The van der Waals surface area contributed by atoms with Crippen LogP contribution in [0.25, 0.3) is 0 Å². The molecule has 0 aliphatic heterocycles. The van der Waals surface area contributed by atoms with Crippen molar-refractivity contribution < 1.29 is 0 Å². The average molecular weight is 156 g/mol. The molecule has 1 aromatic rings. The Labute approximate surface area is 69.8 Å². The van der Waals surface area contributed by atoms with Gasteiger partial charge in [-0.05, 0) is 12.1 Å². The Hall–Kier alpha value is -0.920. The summed E-state index contributed by atoms with van der Waals surface area (Å²) in [7, 11) is 0. The van der Waals surface area contributed by atoms with E-state index in [1.54, 1.807) is 12.3 Å². The molecule has 0 amide bonds. The number of anilines is 1. The first-order valence-corrected chi connectivity index (χ1v) is 4.20. The summed E-state index contributed by atoms with van der Waals surface area (Å²) in [5, 5.41) is 0. The van der Waals surface area contributed by atoms with Crippen LogP contribution in [0.3, 0.4) is 0 Å². The van der Waals surface area contributed by atoms with Crippen molar-refractivity contribution >= 4 is 5.82 Å². The van der Waals surface area contributed by atoms with E-state index in [4.69, 9.17) is 5.73 Å². The van der Waals surface area contributed by atoms with E-state index >= 15 is 0 Å². The molecule has 0 bridgehead atoms. The molecule has 2 nitrogen and oxygen atoms in total. The lowest BCUT2D eigenvalue weighted by molar-refractivity contribution is 1.09. The van der Waals surface area contributed by atoms with Crippen LogP contribution in [0.4, 0.5) is 5.82 Å². The minimum atomic E-state index is 0.718. The summed E-state index contributed by atoms with van der Waals surface area (Å²) in [5.41, 5.74) is 5.22. The molecule has 0 saturated carbocycles. The molecule has 1 heterocycles. The van der Waals surface area contributed by atoms with Gasteiger partial charge < -0.3 is 10.7 Å². The topological polar surface area (TPSA) is 41.8 Å². The molecule has 1 aromatic heterocycles. The number of aromatic nitrogens is 1. The molecule has 0 radical (unpaired) electrons. The molecule has 0 atom stereocenters. The molecular weight excluding hydrogens is 136 g/mol. The Morgan fingerprint density at radius 2 is 1.82 bits per heavy atom. The minimum Gasteiger partial charge on any atom is -0.385 e. The Morgan fingerprint density at radius 1 is 1.36 bits per heavy atom. The molecule has 0 unspecified atom stereocenters. The number of nitrogen functional groups attached to an aromatic ring is 1. The molecule has 1 rings (SSSR count). The fourth-order valence-corrected chi connectivity index (χ4v) is 0.344. The highest BCUT2D eigenvalue weighted by molar-refractivity contribution is 5.26. The van der Waals surface area contributed by atoms with Gasteiger partial charge in [0.15, 0.2) is 0 Å². The second-order valence-electron chi connectivity index (χ2n) is 1.83. The highest BCUT2D eigenvalue weighted by Gasteiger charge is 1.72. The minimum absolute atomic E-state index is 0.718. The maximum Gasteiger partial charge on any atom is 0.100 e. The van der Waals surface area contributed by atoms with E-state index in [9.17, 15) is 0 Å². The van der Waals surface area contributed by atoms with Gasteiger partial charge in [0.2, 0.25) is 0 Å². The Balaban J connectivity index is 0. The van der Waals surface area contributed by atoms with Crippen molar-refractivity contribution in [1.82, 2.24) is 4.98 Å². The Morgan fingerprint density at radius 3 is 1.91 bits per heavy atom. The first-order valence-electron chi connectivity index (χ1n) is 4.20. The van der Waals surface area contributed by atoms with Crippen molar-refractivity contribution in [2.45, 2.75) is 34.1 Å². The largest absolute Gasteiger partial charge is 0.385 e. The van der Waals surface area contributed by atoms with Gasteiger partial charge in [-0.1, -0.05) is 34.1 Å². The van der Waals surface area contributed by atoms with Gasteiger partial charge in [-0.25, -0.2) is 0 Å². The summed E-state index contributed by atoms with van der Waals surface area (Å²) in [6.07, 6.45) is 3.04. The van der Waals surface area contributed by atoms with Crippen LogP contribution in [0.2, 0.25) is 0 Å². The number of rotatable bonds is 0. The van der Waals surface area contributed by atoms with Gasteiger partial charge >= 0.3 is 0 Å². The summed E-state index contributed by atoms with van der Waals surface area (Å²) >= 11 is 0. The SMILES string of the molecule is CC.CCC.Nc1ccc[nH]1. The fourth-order valence-electron chi connectivity index (χ4n) is 0.344. The lowest BCUT2D eigenvalue weighted by Gasteiger charge is -1.72. The second kappa shape index (κ2) is 11.8. The van der Waals surface area contributed by atoms with E-state index in [1.165, 1.54) is 6.42 Å². The summed E-state index contributed by atoms with van der Waals surface area (Å²) in [4.78, 5) is 2.78. The van der Waals surface area contributed by atoms with E-state index in [1.807, 2.05) is 19.9 Å².